The highest BCUT2D eigenvalue weighted by Gasteiger charge is 2.08. The lowest BCUT2D eigenvalue weighted by Crippen LogP contribution is -1.98. The van der Waals surface area contributed by atoms with Gasteiger partial charge < -0.3 is 26.4 Å². The first kappa shape index (κ1) is 20.2. The normalized spacial score (nSPS) is 10.7. The van der Waals surface area contributed by atoms with Crippen molar-refractivity contribution in [1.82, 2.24) is 0 Å². The molecule has 0 unspecified atom stereocenters. The molecule has 0 spiro atoms. The van der Waals surface area contributed by atoms with Gasteiger partial charge >= 0.3 is 0 Å². The zero-order chi connectivity index (χ0) is 21.8. The van der Waals surface area contributed by atoms with E-state index < -0.39 is 0 Å². The topological polar surface area (TPSA) is 102 Å². The maximum atomic E-state index is 10.3. The fourth-order valence-corrected chi connectivity index (χ4v) is 3.41. The van der Waals surface area contributed by atoms with Gasteiger partial charge in [-0.15, -0.1) is 0 Å². The quantitative estimate of drug-likeness (QED) is 0.325. The number of benzene rings is 4. The van der Waals surface area contributed by atoms with Crippen LogP contribution in [0.25, 0.3) is 0 Å². The van der Waals surface area contributed by atoms with Gasteiger partial charge in [-0.05, 0) is 77.2 Å². The lowest BCUT2D eigenvalue weighted by molar-refractivity contribution is 0.469. The van der Waals surface area contributed by atoms with Crippen LogP contribution in [0.2, 0.25) is 0 Å². The minimum Gasteiger partial charge on any atom is -0.508 e. The first-order valence-corrected chi connectivity index (χ1v) is 9.97. The summed E-state index contributed by atoms with van der Waals surface area (Å²) in [6.45, 7) is 0. The van der Waals surface area contributed by atoms with Crippen molar-refractivity contribution in [1.29, 1.82) is 0 Å². The predicted molar refractivity (Wildman–Crippen MR) is 124 cm³/mol. The lowest BCUT2D eigenvalue weighted by Gasteiger charge is -2.12. The van der Waals surface area contributed by atoms with Gasteiger partial charge in [-0.3, -0.25) is 0 Å². The van der Waals surface area contributed by atoms with Gasteiger partial charge in [0, 0.05) is 23.9 Å². The van der Waals surface area contributed by atoms with Crippen LogP contribution in [0.1, 0.15) is 22.3 Å². The van der Waals surface area contributed by atoms with Crippen LogP contribution in [0.4, 0.5) is 11.4 Å². The minimum absolute atomic E-state index is 0.223. The Hall–Kier alpha value is -4.12. The van der Waals surface area contributed by atoms with E-state index in [9.17, 15) is 10.2 Å². The molecule has 0 aromatic heterocycles. The van der Waals surface area contributed by atoms with E-state index >= 15 is 0 Å². The molecule has 0 amide bonds. The average Bonchev–Trinajstić information content (AvgIpc) is 2.75. The number of nitrogen functional groups attached to an aromatic ring is 2. The van der Waals surface area contributed by atoms with Crippen molar-refractivity contribution in [3.05, 3.63) is 107 Å². The summed E-state index contributed by atoms with van der Waals surface area (Å²) in [6.07, 6.45) is 1.21. The van der Waals surface area contributed by atoms with Gasteiger partial charge in [-0.2, -0.15) is 0 Å². The number of hydrogen-bond donors (Lipinski definition) is 4. The maximum Gasteiger partial charge on any atom is 0.129 e. The van der Waals surface area contributed by atoms with Crippen molar-refractivity contribution in [3.63, 3.8) is 0 Å². The predicted octanol–water partition coefficient (Wildman–Crippen LogP) is 5.24. The van der Waals surface area contributed by atoms with E-state index in [1.807, 2.05) is 54.6 Å². The third-order valence-corrected chi connectivity index (χ3v) is 5.10. The molecule has 4 rings (SSSR count). The fourth-order valence-electron chi connectivity index (χ4n) is 3.41. The zero-order valence-electron chi connectivity index (χ0n) is 17.0. The Labute approximate surface area is 181 Å². The number of phenolic OH excluding ortho intramolecular Hbond substituents is 2. The summed E-state index contributed by atoms with van der Waals surface area (Å²) < 4.78 is 5.84. The Morgan fingerprint density at radius 1 is 0.613 bits per heavy atom. The second-order valence-corrected chi connectivity index (χ2v) is 7.51. The Morgan fingerprint density at radius 3 is 1.97 bits per heavy atom. The summed E-state index contributed by atoms with van der Waals surface area (Å²) in [5.74, 6) is 1.82. The van der Waals surface area contributed by atoms with Gasteiger partial charge in [-0.25, -0.2) is 0 Å². The highest BCUT2D eigenvalue weighted by Crippen LogP contribution is 2.29. The van der Waals surface area contributed by atoms with Gasteiger partial charge in [-0.1, -0.05) is 30.3 Å². The monoisotopic (exact) mass is 412 g/mol. The van der Waals surface area contributed by atoms with Crippen molar-refractivity contribution in [3.8, 4) is 23.0 Å². The van der Waals surface area contributed by atoms with Crippen LogP contribution < -0.4 is 16.2 Å². The Kier molecular flexibility index (Phi) is 5.67. The number of rotatable bonds is 6. The molecular formula is C26H24N2O3. The summed E-state index contributed by atoms with van der Waals surface area (Å²) >= 11 is 0. The number of ether oxygens (including phenoxy) is 1. The molecule has 0 aliphatic rings. The highest BCUT2D eigenvalue weighted by molar-refractivity contribution is 5.54. The van der Waals surface area contributed by atoms with E-state index in [1.54, 1.807) is 30.3 Å². The molecule has 0 aliphatic carbocycles. The third kappa shape index (κ3) is 5.08. The first-order valence-electron chi connectivity index (χ1n) is 9.97. The maximum absolute atomic E-state index is 10.3. The van der Waals surface area contributed by atoms with Crippen LogP contribution >= 0.6 is 0 Å². The third-order valence-electron chi connectivity index (χ3n) is 5.10. The van der Waals surface area contributed by atoms with Crippen molar-refractivity contribution < 1.29 is 14.9 Å². The van der Waals surface area contributed by atoms with Crippen molar-refractivity contribution in [2.24, 2.45) is 0 Å². The number of hydrogen-bond acceptors (Lipinski definition) is 5. The van der Waals surface area contributed by atoms with Crippen LogP contribution in [-0.2, 0) is 12.8 Å². The first-order chi connectivity index (χ1) is 15.0. The number of anilines is 2. The summed E-state index contributed by atoms with van der Waals surface area (Å²) in [7, 11) is 0. The van der Waals surface area contributed by atoms with Gasteiger partial charge in [0.2, 0.25) is 0 Å². The van der Waals surface area contributed by atoms with Gasteiger partial charge in [0.15, 0.2) is 0 Å². The van der Waals surface area contributed by atoms with E-state index in [-0.39, 0.29) is 11.5 Å². The van der Waals surface area contributed by atoms with Crippen molar-refractivity contribution in [2.45, 2.75) is 12.8 Å². The molecule has 0 heterocycles. The van der Waals surface area contributed by atoms with E-state index in [0.717, 1.165) is 22.3 Å². The molecule has 5 nitrogen and oxygen atoms in total. The van der Waals surface area contributed by atoms with Gasteiger partial charge in [0.1, 0.15) is 23.0 Å². The summed E-state index contributed by atoms with van der Waals surface area (Å²) in [6, 6.07) is 25.4. The molecule has 0 bridgehead atoms. The molecule has 0 aliphatic heterocycles. The Balaban J connectivity index is 1.49. The van der Waals surface area contributed by atoms with Crippen molar-refractivity contribution >= 4 is 11.4 Å². The molecule has 0 saturated carbocycles. The number of phenols is 2. The molecule has 0 atom stereocenters. The fraction of sp³-hybridized carbons (Fsp3) is 0.0769. The molecule has 31 heavy (non-hydrogen) atoms. The van der Waals surface area contributed by atoms with Crippen LogP contribution in [0.15, 0.2) is 84.9 Å². The molecule has 4 aromatic rings. The van der Waals surface area contributed by atoms with Crippen LogP contribution in [0.3, 0.4) is 0 Å². The van der Waals surface area contributed by atoms with Crippen LogP contribution in [0, 0.1) is 0 Å². The lowest BCUT2D eigenvalue weighted by atomic mass is 9.97. The molecule has 156 valence electrons. The largest absolute Gasteiger partial charge is 0.508 e. The Bertz CT molecular complexity index is 1190. The molecule has 6 N–H and O–H groups in total. The van der Waals surface area contributed by atoms with E-state index in [4.69, 9.17) is 16.2 Å². The summed E-state index contributed by atoms with van der Waals surface area (Å²) in [5, 5.41) is 19.7. The zero-order valence-corrected chi connectivity index (χ0v) is 17.0. The van der Waals surface area contributed by atoms with Crippen LogP contribution in [-0.4, -0.2) is 10.2 Å². The van der Waals surface area contributed by atoms with E-state index in [1.165, 1.54) is 0 Å². The number of aromatic hydroxyl groups is 2. The second kappa shape index (κ2) is 8.71. The summed E-state index contributed by atoms with van der Waals surface area (Å²) in [4.78, 5) is 0. The highest BCUT2D eigenvalue weighted by atomic mass is 16.5. The SMILES string of the molecule is Nc1ccc(Oc2ccc(Cc3ccc(O)c(Cc4ccc(O)cc4)c3)c(N)c2)cc1. The van der Waals surface area contributed by atoms with Crippen molar-refractivity contribution in [2.75, 3.05) is 11.5 Å². The van der Waals surface area contributed by atoms with Gasteiger partial charge in [0.25, 0.3) is 0 Å². The average molecular weight is 412 g/mol. The molecule has 4 aromatic carbocycles. The van der Waals surface area contributed by atoms with Gasteiger partial charge in [0.05, 0.1) is 0 Å². The van der Waals surface area contributed by atoms with E-state index in [2.05, 4.69) is 0 Å². The van der Waals surface area contributed by atoms with E-state index in [0.29, 0.717) is 35.7 Å². The Morgan fingerprint density at radius 2 is 1.26 bits per heavy atom. The molecule has 5 heteroatoms. The summed E-state index contributed by atoms with van der Waals surface area (Å²) in [5.41, 5.74) is 17.2. The number of nitrogens with two attached hydrogens (primary N) is 2. The second-order valence-electron chi connectivity index (χ2n) is 7.51. The van der Waals surface area contributed by atoms with Crippen LogP contribution in [0.5, 0.6) is 23.0 Å². The molecular weight excluding hydrogens is 388 g/mol. The standard InChI is InChI=1S/C26H24N2O3/c27-21-5-10-23(11-6-21)31-24-9-4-19(25(28)16-24)14-18-3-12-26(30)20(15-18)13-17-1-7-22(29)8-2-17/h1-12,15-16,29-30H,13-14,27-28H2. The molecule has 0 saturated heterocycles. The smallest absolute Gasteiger partial charge is 0.129 e. The molecule has 0 fully saturated rings. The molecule has 0 radical (unpaired) electrons. The minimum atomic E-state index is 0.223.